The van der Waals surface area contributed by atoms with Crippen molar-refractivity contribution in [3.05, 3.63) is 47.5 Å². The molecule has 5 rings (SSSR count). The van der Waals surface area contributed by atoms with Crippen LogP contribution in [0.1, 0.15) is 22.0 Å². The predicted octanol–water partition coefficient (Wildman–Crippen LogP) is -2.49. The Morgan fingerprint density at radius 3 is 2.26 bits per heavy atom. The van der Waals surface area contributed by atoms with Gasteiger partial charge in [0, 0.05) is 12.1 Å². The number of benzene rings is 2. The van der Waals surface area contributed by atoms with Crippen molar-refractivity contribution in [1.82, 2.24) is 0 Å². The van der Waals surface area contributed by atoms with Gasteiger partial charge >= 0.3 is 5.97 Å². The summed E-state index contributed by atoms with van der Waals surface area (Å²) in [6, 6.07) is 7.53. The van der Waals surface area contributed by atoms with E-state index >= 15 is 0 Å². The van der Waals surface area contributed by atoms with Crippen LogP contribution in [0.4, 0.5) is 0 Å². The lowest BCUT2D eigenvalue weighted by Gasteiger charge is -2.38. The molecule has 0 bridgehead atoms. The molecule has 3 heterocycles. The van der Waals surface area contributed by atoms with Gasteiger partial charge in [0.2, 0.25) is 12.1 Å². The number of aromatic hydroxyl groups is 2. The Morgan fingerprint density at radius 1 is 0.881 bits per heavy atom. The third kappa shape index (κ3) is 5.35. The number of fused-ring (bicyclic) bond motifs is 1. The first-order valence-corrected chi connectivity index (χ1v) is 12.6. The van der Waals surface area contributed by atoms with Crippen LogP contribution < -0.4 is 9.47 Å². The minimum atomic E-state index is -1.94. The van der Waals surface area contributed by atoms with Crippen LogP contribution in [0.5, 0.6) is 23.0 Å². The summed E-state index contributed by atoms with van der Waals surface area (Å²) in [7, 11) is 0. The third-order valence-corrected chi connectivity index (χ3v) is 7.13. The van der Waals surface area contributed by atoms with Gasteiger partial charge in [-0.15, -0.1) is 0 Å². The van der Waals surface area contributed by atoms with Crippen molar-refractivity contribution < 1.29 is 79.2 Å². The molecule has 228 valence electrons. The molecule has 2 aromatic carbocycles. The van der Waals surface area contributed by atoms with E-state index in [-0.39, 0.29) is 22.6 Å². The largest absolute Gasteiger partial charge is 0.508 e. The van der Waals surface area contributed by atoms with Crippen LogP contribution in [0.25, 0.3) is 0 Å². The highest BCUT2D eigenvalue weighted by Crippen LogP contribution is 2.44. The number of aliphatic carboxylic acids is 1. The maximum Gasteiger partial charge on any atom is 0.335 e. The number of rotatable bonds is 7. The number of ether oxygens (including phenoxy) is 5. The Balaban J connectivity index is 1.46. The second-order valence-electron chi connectivity index (χ2n) is 9.93. The minimum Gasteiger partial charge on any atom is -0.508 e. The van der Waals surface area contributed by atoms with Crippen molar-refractivity contribution in [1.29, 1.82) is 0 Å². The zero-order valence-electron chi connectivity index (χ0n) is 21.4. The van der Waals surface area contributed by atoms with Gasteiger partial charge in [0.25, 0.3) is 0 Å². The molecule has 0 aliphatic carbocycles. The smallest absolute Gasteiger partial charge is 0.335 e. The van der Waals surface area contributed by atoms with E-state index in [0.29, 0.717) is 0 Å². The summed E-state index contributed by atoms with van der Waals surface area (Å²) in [5.74, 6) is -3.80. The number of ketones is 1. The summed E-state index contributed by atoms with van der Waals surface area (Å²) in [6.07, 6.45) is -18.4. The maximum atomic E-state index is 13.6. The number of carboxylic acid groups (broad SMARTS) is 1. The number of carbonyl (C=O) groups is 2. The number of phenolic OH excluding ortho intramolecular Hbond substituents is 2. The van der Waals surface area contributed by atoms with Gasteiger partial charge in [-0.2, -0.15) is 0 Å². The van der Waals surface area contributed by atoms with Gasteiger partial charge in [0.15, 0.2) is 24.6 Å². The van der Waals surface area contributed by atoms with Crippen molar-refractivity contribution >= 4 is 11.8 Å². The van der Waals surface area contributed by atoms with Crippen LogP contribution in [-0.4, -0.2) is 126 Å². The number of aliphatic hydroxyl groups is 6. The Labute approximate surface area is 236 Å². The molecule has 11 atom stereocenters. The number of hydrogen-bond donors (Lipinski definition) is 9. The molecule has 11 unspecified atom stereocenters. The zero-order chi connectivity index (χ0) is 30.5. The predicted molar refractivity (Wildman–Crippen MR) is 131 cm³/mol. The fourth-order valence-corrected chi connectivity index (χ4v) is 4.95. The van der Waals surface area contributed by atoms with E-state index in [1.165, 1.54) is 24.3 Å². The topological polar surface area (TPSA) is 262 Å². The van der Waals surface area contributed by atoms with Crippen LogP contribution in [-0.2, 0) is 19.0 Å². The highest BCUT2D eigenvalue weighted by Gasteiger charge is 2.50. The molecular weight excluding hydrogens is 568 g/mol. The van der Waals surface area contributed by atoms with E-state index in [4.69, 9.17) is 23.7 Å². The number of hydrogen-bond acceptors (Lipinski definition) is 15. The van der Waals surface area contributed by atoms with Gasteiger partial charge in [0.05, 0.1) is 6.61 Å². The Kier molecular flexibility index (Phi) is 8.26. The SMILES string of the molecule is O=C1c2c(O)cc(O)cc2OC(c2cccc(OC3OC(C(=O)O)C(O)C(O)C3O)c2)C1OC1OC(CO)C(O)C1O. The number of aliphatic hydroxyl groups excluding tert-OH is 6. The van der Waals surface area contributed by atoms with Gasteiger partial charge < -0.3 is 69.6 Å². The number of carboxylic acids is 1. The van der Waals surface area contributed by atoms with Gasteiger partial charge in [-0.25, -0.2) is 4.79 Å². The fourth-order valence-electron chi connectivity index (χ4n) is 4.95. The summed E-state index contributed by atoms with van der Waals surface area (Å²) >= 11 is 0. The normalized spacial score (nSPS) is 36.2. The molecule has 0 radical (unpaired) electrons. The Bertz CT molecular complexity index is 1330. The summed E-state index contributed by atoms with van der Waals surface area (Å²) in [5, 5.41) is 89.8. The van der Waals surface area contributed by atoms with E-state index in [1.807, 2.05) is 0 Å². The zero-order valence-corrected chi connectivity index (χ0v) is 21.4. The van der Waals surface area contributed by atoms with Crippen LogP contribution in [0.15, 0.2) is 36.4 Å². The molecule has 2 aromatic rings. The molecule has 2 fully saturated rings. The third-order valence-electron chi connectivity index (χ3n) is 7.13. The second kappa shape index (κ2) is 11.6. The van der Waals surface area contributed by atoms with E-state index in [0.717, 1.165) is 12.1 Å². The highest BCUT2D eigenvalue weighted by molar-refractivity contribution is 6.05. The lowest BCUT2D eigenvalue weighted by molar-refractivity contribution is -0.271. The van der Waals surface area contributed by atoms with Crippen molar-refractivity contribution in [2.45, 2.75) is 67.5 Å². The molecule has 2 saturated heterocycles. The van der Waals surface area contributed by atoms with E-state index in [2.05, 4.69) is 0 Å². The molecular formula is C26H28O16. The van der Waals surface area contributed by atoms with Crippen molar-refractivity contribution in [3.63, 3.8) is 0 Å². The molecule has 16 heteroatoms. The summed E-state index contributed by atoms with van der Waals surface area (Å²) in [5.41, 5.74) is -0.189. The van der Waals surface area contributed by atoms with E-state index in [1.54, 1.807) is 0 Å². The maximum absolute atomic E-state index is 13.6. The molecule has 3 aliphatic rings. The Hall–Kier alpha value is -3.58. The molecule has 0 amide bonds. The molecule has 0 saturated carbocycles. The lowest BCUT2D eigenvalue weighted by Crippen LogP contribution is -2.61. The molecule has 16 nitrogen and oxygen atoms in total. The average Bonchev–Trinajstić information content (AvgIpc) is 3.22. The van der Waals surface area contributed by atoms with Crippen LogP contribution in [0, 0.1) is 0 Å². The van der Waals surface area contributed by atoms with Crippen LogP contribution in [0.2, 0.25) is 0 Å². The molecule has 0 aromatic heterocycles. The van der Waals surface area contributed by atoms with Crippen molar-refractivity contribution in [3.8, 4) is 23.0 Å². The van der Waals surface area contributed by atoms with E-state index < -0.39 is 97.4 Å². The summed E-state index contributed by atoms with van der Waals surface area (Å²) in [6.45, 7) is -0.664. The minimum absolute atomic E-state index is 0.0726. The first-order chi connectivity index (χ1) is 19.9. The first kappa shape index (κ1) is 29.9. The van der Waals surface area contributed by atoms with Gasteiger partial charge in [-0.05, 0) is 17.7 Å². The number of Topliss-reactive ketones (excluding diaryl/α,β-unsaturated/α-hetero) is 1. The van der Waals surface area contributed by atoms with Crippen molar-refractivity contribution in [2.75, 3.05) is 6.61 Å². The Morgan fingerprint density at radius 2 is 1.60 bits per heavy atom. The summed E-state index contributed by atoms with van der Waals surface area (Å²) < 4.78 is 27.7. The number of carbonyl (C=O) groups excluding carboxylic acids is 1. The standard InChI is InChI=1S/C26H28O16/c27-7-13-15(30)19(34)26(40-13)41-22-16(31)14-11(29)5-9(28)6-12(14)39-21(22)8-2-1-3-10(4-8)38-25-20(35)17(32)18(33)23(42-25)24(36)37/h1-6,13,15,17-23,25-30,32-35H,7H2,(H,36,37). The second-order valence-corrected chi connectivity index (χ2v) is 9.93. The molecule has 3 aliphatic heterocycles. The van der Waals surface area contributed by atoms with Gasteiger partial charge in [0.1, 0.15) is 65.2 Å². The van der Waals surface area contributed by atoms with Gasteiger partial charge in [-0.1, -0.05) is 12.1 Å². The lowest BCUT2D eigenvalue weighted by atomic mass is 9.92. The molecule has 0 spiro atoms. The monoisotopic (exact) mass is 596 g/mol. The first-order valence-electron chi connectivity index (χ1n) is 12.6. The van der Waals surface area contributed by atoms with E-state index in [9.17, 15) is 55.5 Å². The highest BCUT2D eigenvalue weighted by atomic mass is 16.7. The van der Waals surface area contributed by atoms with Crippen molar-refractivity contribution in [2.24, 2.45) is 0 Å². The molecule has 42 heavy (non-hydrogen) atoms. The number of phenols is 2. The van der Waals surface area contributed by atoms with Crippen LogP contribution >= 0.6 is 0 Å². The summed E-state index contributed by atoms with van der Waals surface area (Å²) in [4.78, 5) is 25.0. The van der Waals surface area contributed by atoms with Gasteiger partial charge in [-0.3, -0.25) is 4.79 Å². The molecule has 9 N–H and O–H groups in total. The quantitative estimate of drug-likeness (QED) is 0.160. The average molecular weight is 596 g/mol. The van der Waals surface area contributed by atoms with Crippen LogP contribution in [0.3, 0.4) is 0 Å². The fraction of sp³-hybridized carbons (Fsp3) is 0.462.